The molecular formula is C11H14O3S. The van der Waals surface area contributed by atoms with Crippen molar-refractivity contribution < 1.29 is 14.6 Å². The Bertz CT molecular complexity index is 379. The van der Waals surface area contributed by atoms with Crippen LogP contribution in [0.25, 0.3) is 0 Å². The Morgan fingerprint density at radius 2 is 2.33 bits per heavy atom. The van der Waals surface area contributed by atoms with Crippen molar-refractivity contribution in [1.82, 2.24) is 0 Å². The number of carbonyl (C=O) groups is 1. The number of methoxy groups -OCH3 is 1. The van der Waals surface area contributed by atoms with E-state index in [0.717, 1.165) is 12.8 Å². The minimum absolute atomic E-state index is 0.251. The molecule has 82 valence electrons. The van der Waals surface area contributed by atoms with Gasteiger partial charge < -0.3 is 9.84 Å². The summed E-state index contributed by atoms with van der Waals surface area (Å²) in [5.74, 6) is -0.859. The molecule has 2 rings (SSSR count). The van der Waals surface area contributed by atoms with Crippen molar-refractivity contribution >= 4 is 17.3 Å². The van der Waals surface area contributed by atoms with E-state index < -0.39 is 12.1 Å². The summed E-state index contributed by atoms with van der Waals surface area (Å²) in [6.07, 6.45) is 1.13. The summed E-state index contributed by atoms with van der Waals surface area (Å²) in [5.41, 5.74) is 0.930. The lowest BCUT2D eigenvalue weighted by Crippen LogP contribution is -2.35. The van der Waals surface area contributed by atoms with Crippen LogP contribution in [0.15, 0.2) is 11.4 Å². The second kappa shape index (κ2) is 3.61. The zero-order chi connectivity index (χ0) is 11.1. The van der Waals surface area contributed by atoms with Crippen molar-refractivity contribution in [3.63, 3.8) is 0 Å². The lowest BCUT2D eigenvalue weighted by atomic mass is 9.94. The lowest BCUT2D eigenvalue weighted by Gasteiger charge is -2.21. The van der Waals surface area contributed by atoms with Crippen LogP contribution in [0.5, 0.6) is 0 Å². The summed E-state index contributed by atoms with van der Waals surface area (Å²) in [6, 6.07) is 2.04. The number of aliphatic carboxylic acids is 1. The number of hydrogen-bond acceptors (Lipinski definition) is 3. The fourth-order valence-corrected chi connectivity index (χ4v) is 3.40. The van der Waals surface area contributed by atoms with Gasteiger partial charge in [-0.2, -0.15) is 0 Å². The lowest BCUT2D eigenvalue weighted by molar-refractivity contribution is -0.150. The Hall–Kier alpha value is -0.870. The van der Waals surface area contributed by atoms with Gasteiger partial charge in [0.05, 0.1) is 0 Å². The summed E-state index contributed by atoms with van der Waals surface area (Å²) in [4.78, 5) is 12.3. The molecule has 1 aromatic rings. The number of carboxylic acid groups (broad SMARTS) is 1. The highest BCUT2D eigenvalue weighted by molar-refractivity contribution is 7.10. The maximum absolute atomic E-state index is 11.1. The number of ether oxygens (including phenoxy) is 1. The first-order valence-electron chi connectivity index (χ1n) is 4.92. The fraction of sp³-hybridized carbons (Fsp3) is 0.545. The van der Waals surface area contributed by atoms with Gasteiger partial charge in [0.2, 0.25) is 0 Å². The highest BCUT2D eigenvalue weighted by Gasteiger charge is 2.55. The molecule has 1 unspecified atom stereocenters. The summed E-state index contributed by atoms with van der Waals surface area (Å²) >= 11 is 1.64. The van der Waals surface area contributed by atoms with Crippen LogP contribution < -0.4 is 0 Å². The molecule has 0 amide bonds. The van der Waals surface area contributed by atoms with Crippen molar-refractivity contribution in [1.29, 1.82) is 0 Å². The molecule has 1 fully saturated rings. The number of aryl methyl sites for hydroxylation is 1. The molecule has 4 heteroatoms. The van der Waals surface area contributed by atoms with Crippen LogP contribution in [-0.4, -0.2) is 24.3 Å². The van der Waals surface area contributed by atoms with Gasteiger partial charge in [0.25, 0.3) is 0 Å². The first-order chi connectivity index (χ1) is 7.12. The summed E-state index contributed by atoms with van der Waals surface area (Å²) < 4.78 is 5.12. The highest BCUT2D eigenvalue weighted by Crippen LogP contribution is 2.54. The third kappa shape index (κ3) is 1.58. The minimum Gasteiger partial charge on any atom is -0.479 e. The van der Waals surface area contributed by atoms with Gasteiger partial charge in [0.15, 0.2) is 6.10 Å². The molecule has 0 spiro atoms. The van der Waals surface area contributed by atoms with E-state index in [0.29, 0.717) is 0 Å². The molecular weight excluding hydrogens is 212 g/mol. The number of hydrogen-bond donors (Lipinski definition) is 1. The topological polar surface area (TPSA) is 46.5 Å². The van der Waals surface area contributed by atoms with Crippen molar-refractivity contribution in [2.24, 2.45) is 0 Å². The van der Waals surface area contributed by atoms with Crippen molar-refractivity contribution in [2.75, 3.05) is 7.11 Å². The van der Waals surface area contributed by atoms with E-state index in [1.54, 1.807) is 11.3 Å². The smallest absolute Gasteiger partial charge is 0.333 e. The maximum Gasteiger partial charge on any atom is 0.333 e. The number of rotatable bonds is 4. The van der Waals surface area contributed by atoms with Crippen LogP contribution in [0.1, 0.15) is 23.3 Å². The van der Waals surface area contributed by atoms with E-state index in [9.17, 15) is 4.79 Å². The number of carboxylic acids is 1. The zero-order valence-corrected chi connectivity index (χ0v) is 9.63. The molecule has 3 nitrogen and oxygen atoms in total. The van der Waals surface area contributed by atoms with Gasteiger partial charge in [-0.15, -0.1) is 11.3 Å². The van der Waals surface area contributed by atoms with Crippen LogP contribution in [0.2, 0.25) is 0 Å². The van der Waals surface area contributed by atoms with E-state index in [-0.39, 0.29) is 5.41 Å². The molecule has 0 bridgehead atoms. The summed E-state index contributed by atoms with van der Waals surface area (Å²) in [5, 5.41) is 11.1. The van der Waals surface area contributed by atoms with Crippen LogP contribution in [0.3, 0.4) is 0 Å². The summed E-state index contributed by atoms with van der Waals surface area (Å²) in [6.45, 7) is 2.03. The molecule has 15 heavy (non-hydrogen) atoms. The van der Waals surface area contributed by atoms with Crippen LogP contribution in [0, 0.1) is 6.92 Å². The molecule has 0 saturated heterocycles. The van der Waals surface area contributed by atoms with E-state index in [1.165, 1.54) is 17.6 Å². The van der Waals surface area contributed by atoms with Crippen LogP contribution in [0.4, 0.5) is 0 Å². The Labute approximate surface area is 92.7 Å². The predicted molar refractivity (Wildman–Crippen MR) is 58.4 cm³/mol. The molecule has 1 aliphatic rings. The summed E-state index contributed by atoms with van der Waals surface area (Å²) in [7, 11) is 1.47. The first kappa shape index (κ1) is 10.6. The van der Waals surface area contributed by atoms with Gasteiger partial charge in [-0.05, 0) is 36.8 Å². The Kier molecular flexibility index (Phi) is 2.56. The van der Waals surface area contributed by atoms with Crippen molar-refractivity contribution in [3.05, 3.63) is 21.9 Å². The fourth-order valence-electron chi connectivity index (χ4n) is 2.19. The largest absolute Gasteiger partial charge is 0.479 e. The Morgan fingerprint density at radius 1 is 1.67 bits per heavy atom. The molecule has 1 aliphatic carbocycles. The molecule has 0 aromatic carbocycles. The van der Waals surface area contributed by atoms with E-state index >= 15 is 0 Å². The second-order valence-electron chi connectivity index (χ2n) is 4.04. The van der Waals surface area contributed by atoms with Gasteiger partial charge in [-0.3, -0.25) is 0 Å². The van der Waals surface area contributed by atoms with Crippen LogP contribution in [-0.2, 0) is 14.9 Å². The number of thiophene rings is 1. The zero-order valence-electron chi connectivity index (χ0n) is 8.82. The molecule has 1 heterocycles. The van der Waals surface area contributed by atoms with Gasteiger partial charge in [-0.25, -0.2) is 4.79 Å². The third-order valence-corrected chi connectivity index (χ3v) is 4.30. The normalized spacial score (nSPS) is 19.9. The molecule has 1 aromatic heterocycles. The Balaban J connectivity index is 2.35. The van der Waals surface area contributed by atoms with Crippen molar-refractivity contribution in [3.8, 4) is 0 Å². The van der Waals surface area contributed by atoms with E-state index in [1.807, 2.05) is 18.4 Å². The average molecular weight is 226 g/mol. The van der Waals surface area contributed by atoms with Gasteiger partial charge >= 0.3 is 5.97 Å². The SMILES string of the molecule is COC(C(=O)O)C1(c2sccc2C)CC1. The monoisotopic (exact) mass is 226 g/mol. The average Bonchev–Trinajstić information content (AvgIpc) is 2.83. The van der Waals surface area contributed by atoms with E-state index in [2.05, 4.69) is 0 Å². The highest BCUT2D eigenvalue weighted by atomic mass is 32.1. The maximum atomic E-state index is 11.1. The standard InChI is InChI=1S/C11H14O3S/c1-7-3-6-15-9(7)11(4-5-11)8(14-2)10(12)13/h3,6,8H,4-5H2,1-2H3,(H,12,13). The Morgan fingerprint density at radius 3 is 2.67 bits per heavy atom. The molecule has 0 aliphatic heterocycles. The molecule has 1 saturated carbocycles. The van der Waals surface area contributed by atoms with Gasteiger partial charge in [-0.1, -0.05) is 0 Å². The van der Waals surface area contributed by atoms with Crippen molar-refractivity contribution in [2.45, 2.75) is 31.3 Å². The quantitative estimate of drug-likeness (QED) is 0.856. The van der Waals surface area contributed by atoms with Gasteiger partial charge in [0, 0.05) is 17.4 Å². The van der Waals surface area contributed by atoms with Gasteiger partial charge in [0.1, 0.15) is 0 Å². The molecule has 1 N–H and O–H groups in total. The molecule has 0 radical (unpaired) electrons. The first-order valence-corrected chi connectivity index (χ1v) is 5.80. The van der Waals surface area contributed by atoms with E-state index in [4.69, 9.17) is 9.84 Å². The third-order valence-electron chi connectivity index (χ3n) is 3.06. The second-order valence-corrected chi connectivity index (χ2v) is 4.96. The van der Waals surface area contributed by atoms with Crippen LogP contribution >= 0.6 is 11.3 Å². The predicted octanol–water partition coefficient (Wildman–Crippen LogP) is 2.19. The minimum atomic E-state index is -0.859. The molecule has 1 atom stereocenters.